The van der Waals surface area contributed by atoms with Crippen molar-refractivity contribution in [3.05, 3.63) is 35.4 Å². The van der Waals surface area contributed by atoms with Crippen LogP contribution in [0.5, 0.6) is 0 Å². The number of carbonyl (C=O) groups is 1. The van der Waals surface area contributed by atoms with E-state index in [1.54, 1.807) is 0 Å². The molecule has 0 spiro atoms. The number of hydrogen-bond acceptors (Lipinski definition) is 3. The molecule has 2 N–H and O–H groups in total. The van der Waals surface area contributed by atoms with Crippen LogP contribution in [0.25, 0.3) is 0 Å². The SMILES string of the molecule is Cc1cccc(CN2CCN(C(=O)NC(C)CCCO)CC2)c1. The number of aryl methyl sites for hydroxylation is 1. The van der Waals surface area contributed by atoms with E-state index in [1.165, 1.54) is 11.1 Å². The molecule has 23 heavy (non-hydrogen) atoms. The Bertz CT molecular complexity index is 499. The molecule has 0 aliphatic carbocycles. The van der Waals surface area contributed by atoms with Gasteiger partial charge in [0.05, 0.1) is 0 Å². The number of benzene rings is 1. The number of amides is 2. The Morgan fingerprint density at radius 3 is 2.70 bits per heavy atom. The van der Waals surface area contributed by atoms with Crippen LogP contribution in [-0.4, -0.2) is 59.8 Å². The molecule has 5 heteroatoms. The third-order valence-corrected chi connectivity index (χ3v) is 4.31. The fourth-order valence-corrected chi connectivity index (χ4v) is 2.95. The van der Waals surface area contributed by atoms with Gasteiger partial charge >= 0.3 is 6.03 Å². The van der Waals surface area contributed by atoms with Crippen molar-refractivity contribution in [2.24, 2.45) is 0 Å². The summed E-state index contributed by atoms with van der Waals surface area (Å²) in [5, 5.41) is 11.9. The van der Waals surface area contributed by atoms with E-state index in [4.69, 9.17) is 5.11 Å². The molecular formula is C18H29N3O2. The van der Waals surface area contributed by atoms with Crippen LogP contribution in [0.2, 0.25) is 0 Å². The Kier molecular flexibility index (Phi) is 6.86. The normalized spacial score (nSPS) is 17.1. The third kappa shape index (κ3) is 5.84. The van der Waals surface area contributed by atoms with Gasteiger partial charge < -0.3 is 15.3 Å². The molecule has 0 saturated carbocycles. The van der Waals surface area contributed by atoms with E-state index in [1.807, 2.05) is 11.8 Å². The minimum atomic E-state index is 0.0191. The van der Waals surface area contributed by atoms with Crippen molar-refractivity contribution in [3.63, 3.8) is 0 Å². The first-order valence-corrected chi connectivity index (χ1v) is 8.52. The van der Waals surface area contributed by atoms with Crippen LogP contribution in [0, 0.1) is 6.92 Å². The quantitative estimate of drug-likeness (QED) is 0.843. The molecule has 1 fully saturated rings. The van der Waals surface area contributed by atoms with Gasteiger partial charge in [-0.2, -0.15) is 0 Å². The van der Waals surface area contributed by atoms with Crippen LogP contribution in [0.3, 0.4) is 0 Å². The Hall–Kier alpha value is -1.59. The topological polar surface area (TPSA) is 55.8 Å². The summed E-state index contributed by atoms with van der Waals surface area (Å²) < 4.78 is 0. The number of aliphatic hydroxyl groups is 1. The molecule has 1 aromatic rings. The van der Waals surface area contributed by atoms with E-state index >= 15 is 0 Å². The van der Waals surface area contributed by atoms with Crippen LogP contribution < -0.4 is 5.32 Å². The second-order valence-electron chi connectivity index (χ2n) is 6.47. The first-order chi connectivity index (χ1) is 11.1. The molecule has 5 nitrogen and oxygen atoms in total. The number of carbonyl (C=O) groups excluding carboxylic acids is 1. The highest BCUT2D eigenvalue weighted by molar-refractivity contribution is 5.74. The van der Waals surface area contributed by atoms with E-state index in [-0.39, 0.29) is 18.7 Å². The number of rotatable bonds is 6. The van der Waals surface area contributed by atoms with E-state index in [0.717, 1.165) is 45.6 Å². The number of aliphatic hydroxyl groups excluding tert-OH is 1. The van der Waals surface area contributed by atoms with E-state index in [9.17, 15) is 4.79 Å². The van der Waals surface area contributed by atoms with Crippen molar-refractivity contribution in [2.45, 2.75) is 39.3 Å². The number of nitrogens with zero attached hydrogens (tertiary/aromatic N) is 2. The van der Waals surface area contributed by atoms with Crippen LogP contribution in [0.4, 0.5) is 4.79 Å². The first kappa shape index (κ1) is 17.8. The van der Waals surface area contributed by atoms with Gasteiger partial charge in [-0.15, -0.1) is 0 Å². The van der Waals surface area contributed by atoms with Crippen molar-refractivity contribution in [1.82, 2.24) is 15.1 Å². The molecule has 1 aromatic carbocycles. The van der Waals surface area contributed by atoms with Crippen molar-refractivity contribution < 1.29 is 9.90 Å². The van der Waals surface area contributed by atoms with Gasteiger partial charge in [0.1, 0.15) is 0 Å². The first-order valence-electron chi connectivity index (χ1n) is 8.52. The van der Waals surface area contributed by atoms with Gasteiger partial charge in [-0.3, -0.25) is 4.90 Å². The zero-order valence-corrected chi connectivity index (χ0v) is 14.3. The lowest BCUT2D eigenvalue weighted by Crippen LogP contribution is -2.52. The number of urea groups is 1. The van der Waals surface area contributed by atoms with Crippen molar-refractivity contribution in [1.29, 1.82) is 0 Å². The maximum Gasteiger partial charge on any atom is 0.317 e. The summed E-state index contributed by atoms with van der Waals surface area (Å²) in [4.78, 5) is 16.5. The lowest BCUT2D eigenvalue weighted by molar-refractivity contribution is 0.133. The summed E-state index contributed by atoms with van der Waals surface area (Å²) in [6.07, 6.45) is 1.54. The molecule has 1 saturated heterocycles. The number of nitrogens with one attached hydrogen (secondary N) is 1. The Balaban J connectivity index is 1.74. The van der Waals surface area contributed by atoms with E-state index in [2.05, 4.69) is 41.4 Å². The highest BCUT2D eigenvalue weighted by Crippen LogP contribution is 2.10. The van der Waals surface area contributed by atoms with Crippen molar-refractivity contribution >= 4 is 6.03 Å². The Morgan fingerprint density at radius 2 is 2.04 bits per heavy atom. The lowest BCUT2D eigenvalue weighted by atomic mass is 10.1. The molecule has 1 heterocycles. The second-order valence-corrected chi connectivity index (χ2v) is 6.47. The van der Waals surface area contributed by atoms with Gasteiger partial charge in [-0.1, -0.05) is 29.8 Å². The molecule has 128 valence electrons. The fourth-order valence-electron chi connectivity index (χ4n) is 2.95. The predicted octanol–water partition coefficient (Wildman–Crippen LogP) is 1.98. The lowest BCUT2D eigenvalue weighted by Gasteiger charge is -2.35. The summed E-state index contributed by atoms with van der Waals surface area (Å²) in [7, 11) is 0. The molecule has 1 aliphatic heterocycles. The molecule has 0 bridgehead atoms. The van der Waals surface area contributed by atoms with E-state index in [0.29, 0.717) is 0 Å². The second kappa shape index (κ2) is 8.89. The molecule has 0 aromatic heterocycles. The molecule has 1 unspecified atom stereocenters. The van der Waals surface area contributed by atoms with Crippen molar-refractivity contribution in [3.8, 4) is 0 Å². The highest BCUT2D eigenvalue weighted by atomic mass is 16.3. The summed E-state index contributed by atoms with van der Waals surface area (Å²) in [5.41, 5.74) is 2.62. The van der Waals surface area contributed by atoms with Crippen LogP contribution in [0.15, 0.2) is 24.3 Å². The molecule has 2 amide bonds. The zero-order valence-electron chi connectivity index (χ0n) is 14.3. The number of hydrogen-bond donors (Lipinski definition) is 2. The van der Waals surface area contributed by atoms with Gasteiger partial charge in [-0.05, 0) is 32.3 Å². The summed E-state index contributed by atoms with van der Waals surface area (Å²) in [5.74, 6) is 0. The van der Waals surface area contributed by atoms with Crippen LogP contribution >= 0.6 is 0 Å². The molecule has 1 atom stereocenters. The van der Waals surface area contributed by atoms with Crippen LogP contribution in [0.1, 0.15) is 30.9 Å². The smallest absolute Gasteiger partial charge is 0.317 e. The highest BCUT2D eigenvalue weighted by Gasteiger charge is 2.21. The van der Waals surface area contributed by atoms with Gasteiger partial charge in [0.15, 0.2) is 0 Å². The zero-order chi connectivity index (χ0) is 16.7. The Morgan fingerprint density at radius 1 is 1.30 bits per heavy atom. The summed E-state index contributed by atoms with van der Waals surface area (Å²) >= 11 is 0. The monoisotopic (exact) mass is 319 g/mol. The maximum atomic E-state index is 12.2. The molecule has 2 rings (SSSR count). The predicted molar refractivity (Wildman–Crippen MR) is 92.3 cm³/mol. The molecule has 0 radical (unpaired) electrons. The summed E-state index contributed by atoms with van der Waals surface area (Å²) in [6.45, 7) is 8.58. The molecule has 1 aliphatic rings. The summed E-state index contributed by atoms with van der Waals surface area (Å²) in [6, 6.07) is 8.73. The standard InChI is InChI=1S/C18H29N3O2/c1-15-5-3-7-17(13-15)14-20-8-10-21(11-9-20)18(23)19-16(2)6-4-12-22/h3,5,7,13,16,22H,4,6,8-12,14H2,1-2H3,(H,19,23). The average Bonchev–Trinajstić information content (AvgIpc) is 2.53. The van der Waals surface area contributed by atoms with Gasteiger partial charge in [0, 0.05) is 45.4 Å². The average molecular weight is 319 g/mol. The Labute approximate surface area is 139 Å². The fraction of sp³-hybridized carbons (Fsp3) is 0.611. The third-order valence-electron chi connectivity index (χ3n) is 4.31. The maximum absolute atomic E-state index is 12.2. The van der Waals surface area contributed by atoms with Gasteiger partial charge in [-0.25, -0.2) is 4.79 Å². The largest absolute Gasteiger partial charge is 0.396 e. The number of piperazine rings is 1. The van der Waals surface area contributed by atoms with Gasteiger partial charge in [0.25, 0.3) is 0 Å². The van der Waals surface area contributed by atoms with Crippen LogP contribution in [-0.2, 0) is 6.54 Å². The van der Waals surface area contributed by atoms with Gasteiger partial charge in [0.2, 0.25) is 0 Å². The van der Waals surface area contributed by atoms with Crippen molar-refractivity contribution in [2.75, 3.05) is 32.8 Å². The molecular weight excluding hydrogens is 290 g/mol. The minimum Gasteiger partial charge on any atom is -0.396 e. The minimum absolute atomic E-state index is 0.0191. The van der Waals surface area contributed by atoms with E-state index < -0.39 is 0 Å².